The van der Waals surface area contributed by atoms with E-state index < -0.39 is 23.8 Å². The molecule has 344 valence electrons. The Morgan fingerprint density at radius 2 is 1.54 bits per heavy atom. The van der Waals surface area contributed by atoms with Gasteiger partial charge in [0.15, 0.2) is 5.78 Å². The summed E-state index contributed by atoms with van der Waals surface area (Å²) in [7, 11) is 0. The lowest BCUT2D eigenvalue weighted by Crippen LogP contribution is -2.38. The largest absolute Gasteiger partial charge is 0.481 e. The van der Waals surface area contributed by atoms with Gasteiger partial charge in [-0.25, -0.2) is 10.5 Å². The number of aromatic amines is 1. The van der Waals surface area contributed by atoms with E-state index >= 15 is 0 Å². The molecule has 5 N–H and O–H groups in total. The number of aryl methyl sites for hydroxylation is 1. The number of amides is 2. The first-order valence-corrected chi connectivity index (χ1v) is 21.8. The zero-order valence-corrected chi connectivity index (χ0v) is 36.1. The van der Waals surface area contributed by atoms with Gasteiger partial charge in [0.25, 0.3) is 5.91 Å². The summed E-state index contributed by atoms with van der Waals surface area (Å²) in [4.78, 5) is 109. The molecule has 0 radical (unpaired) electrons. The highest BCUT2D eigenvalue weighted by atomic mass is 16.7. The second kappa shape index (κ2) is 32.5. The highest BCUT2D eigenvalue weighted by Gasteiger charge is 2.30. The number of unbranched alkanes of at least 4 members (excludes halogenated alkanes) is 2. The minimum Gasteiger partial charge on any atom is -0.481 e. The minimum atomic E-state index is -1.09. The number of aliphatic carboxylic acids is 1. The van der Waals surface area contributed by atoms with E-state index in [9.17, 15) is 43.5 Å². The second-order valence-electron chi connectivity index (χ2n) is 15.6. The van der Waals surface area contributed by atoms with Crippen LogP contribution in [0.4, 0.5) is 0 Å². The van der Waals surface area contributed by atoms with Gasteiger partial charge in [-0.2, -0.15) is 0 Å². The lowest BCUT2D eigenvalue weighted by Gasteiger charge is -2.28. The molecule has 0 aliphatic heterocycles. The first-order chi connectivity index (χ1) is 29.4. The monoisotopic (exact) mass is 863 g/mol. The van der Waals surface area contributed by atoms with E-state index in [-0.39, 0.29) is 119 Å². The number of Topliss-reactive ketones (excluding diaryl/α,β-unsaturated/α-hetero) is 5. The van der Waals surface area contributed by atoms with Crippen LogP contribution in [0, 0.1) is 17.8 Å². The third kappa shape index (κ3) is 26.0. The molecule has 18 nitrogen and oxygen atoms in total. The van der Waals surface area contributed by atoms with E-state index in [2.05, 4.69) is 26.1 Å². The van der Waals surface area contributed by atoms with Gasteiger partial charge in [0.2, 0.25) is 5.91 Å². The molecule has 1 aliphatic rings. The number of aromatic nitrogens is 2. The maximum Gasteiger partial charge on any atom is 0.306 e. The fourth-order valence-electron chi connectivity index (χ4n) is 6.92. The van der Waals surface area contributed by atoms with Crippen LogP contribution in [0.3, 0.4) is 0 Å². The molecular formula is C43H69N5O13. The van der Waals surface area contributed by atoms with Crippen LogP contribution in [-0.2, 0) is 63.8 Å². The van der Waals surface area contributed by atoms with Crippen molar-refractivity contribution in [2.45, 2.75) is 129 Å². The molecule has 2 atom stereocenters. The molecule has 1 aromatic rings. The molecule has 1 aromatic heterocycles. The SMILES string of the molecule is CCC(=O)CCC1CCC(C(=O)C[C@@H](CCC(=O)NCCOCCOCC(=O)NOCCOCC(=O)CCCCC[C@H](NCC(=O)CCc2cnc[nH]2)C(C)=O)C(=O)O)CC1. The lowest BCUT2D eigenvalue weighted by atomic mass is 9.76. The number of hydroxylamine groups is 1. The molecule has 1 fully saturated rings. The lowest BCUT2D eigenvalue weighted by molar-refractivity contribution is -0.145. The fourth-order valence-corrected chi connectivity index (χ4v) is 6.92. The summed E-state index contributed by atoms with van der Waals surface area (Å²) in [5.41, 5.74) is 3.10. The van der Waals surface area contributed by atoms with E-state index in [0.29, 0.717) is 63.7 Å². The molecule has 2 rings (SSSR count). The Hall–Kier alpha value is -4.23. The Kier molecular flexibility index (Phi) is 28.2. The van der Waals surface area contributed by atoms with Gasteiger partial charge in [-0.3, -0.25) is 43.2 Å². The summed E-state index contributed by atoms with van der Waals surface area (Å²) in [5.74, 6) is -2.49. The van der Waals surface area contributed by atoms with Crippen molar-refractivity contribution in [2.75, 3.05) is 59.3 Å². The molecule has 0 unspecified atom stereocenters. The molecule has 0 saturated heterocycles. The highest BCUT2D eigenvalue weighted by molar-refractivity contribution is 5.86. The molecule has 2 amide bonds. The summed E-state index contributed by atoms with van der Waals surface area (Å²) in [6.07, 6.45) is 12.3. The number of hydrogen-bond acceptors (Lipinski definition) is 14. The predicted octanol–water partition coefficient (Wildman–Crippen LogP) is 3.20. The standard InChI is InChI=1S/C43H69N5O13/c1-3-36(50)16-11-32-9-12-33(13-10-32)40(53)25-34(43(56)57)14-18-41(54)45-19-20-58-21-22-60-29-42(55)48-61-24-23-59-28-38(52)7-5-4-6-8-39(31(2)49)46-27-37(51)17-15-35-26-44-30-47-35/h26,30,32-34,39,46H,3-25,27-29H2,1-2H3,(H,44,47)(H,45,54)(H,48,55)(H,56,57)/t32?,33?,34-,39+/m1/s1. The minimum absolute atomic E-state index is 0.0189. The van der Waals surface area contributed by atoms with Crippen molar-refractivity contribution in [2.24, 2.45) is 17.8 Å². The van der Waals surface area contributed by atoms with Crippen LogP contribution in [0.2, 0.25) is 0 Å². The number of carboxylic acid groups (broad SMARTS) is 1. The first kappa shape index (κ1) is 52.9. The van der Waals surface area contributed by atoms with E-state index in [1.165, 1.54) is 6.92 Å². The topological polar surface area (TPSA) is 258 Å². The first-order valence-electron chi connectivity index (χ1n) is 21.8. The Morgan fingerprint density at radius 3 is 2.25 bits per heavy atom. The number of imidazole rings is 1. The van der Waals surface area contributed by atoms with Crippen molar-refractivity contribution in [3.63, 3.8) is 0 Å². The van der Waals surface area contributed by atoms with E-state index in [1.807, 2.05) is 6.92 Å². The normalized spacial score (nSPS) is 16.0. The van der Waals surface area contributed by atoms with Crippen LogP contribution < -0.4 is 16.1 Å². The van der Waals surface area contributed by atoms with Gasteiger partial charge < -0.3 is 34.9 Å². The van der Waals surface area contributed by atoms with Crippen molar-refractivity contribution in [1.82, 2.24) is 26.1 Å². The van der Waals surface area contributed by atoms with Gasteiger partial charge in [0.05, 0.1) is 57.9 Å². The van der Waals surface area contributed by atoms with Gasteiger partial charge in [-0.1, -0.05) is 19.8 Å². The maximum absolute atomic E-state index is 12.8. The molecule has 18 heteroatoms. The number of nitrogens with zero attached hydrogens (tertiary/aromatic N) is 1. The molecule has 0 bridgehead atoms. The molecule has 1 aliphatic carbocycles. The van der Waals surface area contributed by atoms with Crippen LogP contribution in [0.15, 0.2) is 12.5 Å². The van der Waals surface area contributed by atoms with Gasteiger partial charge in [0, 0.05) is 62.9 Å². The van der Waals surface area contributed by atoms with Crippen molar-refractivity contribution in [3.8, 4) is 0 Å². The molecule has 0 spiro atoms. The van der Waals surface area contributed by atoms with E-state index in [0.717, 1.165) is 37.8 Å². The smallest absolute Gasteiger partial charge is 0.306 e. The Morgan fingerprint density at radius 1 is 0.803 bits per heavy atom. The average Bonchev–Trinajstić information content (AvgIpc) is 3.77. The Labute approximate surface area is 359 Å². The molecule has 1 heterocycles. The fraction of sp³-hybridized carbons (Fsp3) is 0.744. The number of nitrogens with one attached hydrogen (secondary N) is 4. The Balaban J connectivity index is 1.39. The van der Waals surface area contributed by atoms with E-state index in [1.54, 1.807) is 12.5 Å². The molecule has 1 saturated carbocycles. The van der Waals surface area contributed by atoms with Crippen LogP contribution in [0.25, 0.3) is 0 Å². The predicted molar refractivity (Wildman–Crippen MR) is 222 cm³/mol. The summed E-state index contributed by atoms with van der Waals surface area (Å²) in [6, 6.07) is -0.403. The zero-order chi connectivity index (χ0) is 44.7. The zero-order valence-electron chi connectivity index (χ0n) is 36.1. The van der Waals surface area contributed by atoms with Gasteiger partial charge in [-0.05, 0) is 70.6 Å². The van der Waals surface area contributed by atoms with Gasteiger partial charge in [-0.15, -0.1) is 0 Å². The number of carbonyl (C=O) groups excluding carboxylic acids is 7. The van der Waals surface area contributed by atoms with Crippen LogP contribution in [0.1, 0.15) is 122 Å². The number of ether oxygens (including phenoxy) is 3. The van der Waals surface area contributed by atoms with Crippen LogP contribution >= 0.6 is 0 Å². The summed E-state index contributed by atoms with van der Waals surface area (Å²) in [6.45, 7) is 3.91. The van der Waals surface area contributed by atoms with Crippen LogP contribution in [0.5, 0.6) is 0 Å². The van der Waals surface area contributed by atoms with Gasteiger partial charge in [0.1, 0.15) is 36.3 Å². The third-order valence-corrected chi connectivity index (χ3v) is 10.7. The third-order valence-electron chi connectivity index (χ3n) is 10.7. The quantitative estimate of drug-likeness (QED) is 0.0473. The molecule has 61 heavy (non-hydrogen) atoms. The number of rotatable bonds is 38. The Bertz CT molecular complexity index is 1480. The summed E-state index contributed by atoms with van der Waals surface area (Å²) < 4.78 is 15.9. The number of carboxylic acids is 1. The van der Waals surface area contributed by atoms with Crippen molar-refractivity contribution >= 4 is 46.7 Å². The second-order valence-corrected chi connectivity index (χ2v) is 15.6. The average molecular weight is 864 g/mol. The number of carbonyl (C=O) groups is 8. The van der Waals surface area contributed by atoms with Crippen molar-refractivity contribution in [1.29, 1.82) is 0 Å². The maximum atomic E-state index is 12.8. The van der Waals surface area contributed by atoms with Crippen molar-refractivity contribution in [3.05, 3.63) is 18.2 Å². The number of H-pyrrole nitrogens is 1. The van der Waals surface area contributed by atoms with Crippen LogP contribution in [-0.4, -0.2) is 127 Å². The van der Waals surface area contributed by atoms with Gasteiger partial charge >= 0.3 is 5.97 Å². The summed E-state index contributed by atoms with van der Waals surface area (Å²) >= 11 is 0. The highest BCUT2D eigenvalue weighted by Crippen LogP contribution is 2.33. The van der Waals surface area contributed by atoms with E-state index in [4.69, 9.17) is 19.0 Å². The number of ketones is 5. The van der Waals surface area contributed by atoms with Crippen molar-refractivity contribution < 1.29 is 62.5 Å². The molecule has 0 aromatic carbocycles. The summed E-state index contributed by atoms with van der Waals surface area (Å²) in [5, 5.41) is 15.4. The number of hydrogen-bond donors (Lipinski definition) is 5. The molecular weight excluding hydrogens is 794 g/mol.